The van der Waals surface area contributed by atoms with Crippen LogP contribution >= 0.6 is 11.6 Å². The molecule has 0 aromatic heterocycles. The molecule has 2 aromatic rings. The maximum Gasteiger partial charge on any atom is 0.259 e. The maximum atomic E-state index is 12.8. The molecule has 1 aliphatic rings. The van der Waals surface area contributed by atoms with Crippen LogP contribution in [0.1, 0.15) is 0 Å². The van der Waals surface area contributed by atoms with Gasteiger partial charge >= 0.3 is 0 Å². The van der Waals surface area contributed by atoms with E-state index in [1.807, 2.05) is 0 Å². The van der Waals surface area contributed by atoms with Gasteiger partial charge in [-0.15, -0.1) is 0 Å². The van der Waals surface area contributed by atoms with Crippen molar-refractivity contribution in [3.8, 4) is 16.9 Å². The molecule has 0 unspecified atom stereocenters. The van der Waals surface area contributed by atoms with E-state index in [-0.39, 0.29) is 17.1 Å². The zero-order valence-electron chi connectivity index (χ0n) is 14.3. The predicted octanol–water partition coefficient (Wildman–Crippen LogP) is 3.82. The lowest BCUT2D eigenvalue weighted by molar-refractivity contribution is -0.112. The average molecular weight is 381 g/mol. The van der Waals surface area contributed by atoms with E-state index in [1.165, 1.54) is 17.3 Å². The number of hydrogen-bond donors (Lipinski definition) is 3. The summed E-state index contributed by atoms with van der Waals surface area (Å²) in [7, 11) is 0. The summed E-state index contributed by atoms with van der Waals surface area (Å²) in [6.07, 6.45) is 6.17. The number of rotatable bonds is 4. The van der Waals surface area contributed by atoms with Crippen LogP contribution in [-0.4, -0.2) is 22.2 Å². The summed E-state index contributed by atoms with van der Waals surface area (Å²) in [6, 6.07) is 11.8. The fraction of sp³-hybridized carbons (Fsp3) is 0. The molecule has 0 bridgehead atoms. The van der Waals surface area contributed by atoms with Crippen molar-refractivity contribution in [3.63, 3.8) is 0 Å². The van der Waals surface area contributed by atoms with Crippen LogP contribution in [0, 0.1) is 0 Å². The van der Waals surface area contributed by atoms with Gasteiger partial charge < -0.3 is 10.4 Å². The number of hydrogen-bond acceptors (Lipinski definition) is 5. The zero-order chi connectivity index (χ0) is 19.4. The second kappa shape index (κ2) is 7.90. The Kier molecular flexibility index (Phi) is 5.40. The molecule has 0 atom stereocenters. The molecule has 1 amide bonds. The van der Waals surface area contributed by atoms with Crippen LogP contribution in [0.25, 0.3) is 11.1 Å². The van der Waals surface area contributed by atoms with Crippen molar-refractivity contribution in [2.24, 2.45) is 10.8 Å². The molecule has 0 aliphatic carbocycles. The number of phenolic OH excluding ortho intramolecular Hbond substituents is 1. The number of allylic oxidation sites excluding steroid dienone is 1. The standard InChI is InChI=1S/C20H17ClN4O2/c1-2-16(19-23-10-3-11-25(19)22)20(27)24-18-12-14(21)6-9-17(18)13-4-7-15(26)8-5-13/h2-12,26H,1,22H2,(H,24,27)/b19-16+. The van der Waals surface area contributed by atoms with Gasteiger partial charge in [-0.1, -0.05) is 42.5 Å². The molecule has 0 saturated heterocycles. The minimum atomic E-state index is -0.426. The molecular weight excluding hydrogens is 364 g/mol. The summed E-state index contributed by atoms with van der Waals surface area (Å²) in [6.45, 7) is 3.69. The quantitative estimate of drug-likeness (QED) is 0.555. The number of anilines is 1. The minimum absolute atomic E-state index is 0.156. The van der Waals surface area contributed by atoms with Crippen LogP contribution in [-0.2, 0) is 4.79 Å². The van der Waals surface area contributed by atoms with Gasteiger partial charge in [0.2, 0.25) is 0 Å². The Balaban J connectivity index is 1.98. The normalized spacial score (nSPS) is 14.8. The molecule has 2 aromatic carbocycles. The zero-order valence-corrected chi connectivity index (χ0v) is 15.0. The molecule has 27 heavy (non-hydrogen) atoms. The van der Waals surface area contributed by atoms with Crippen molar-refractivity contribution < 1.29 is 9.90 Å². The van der Waals surface area contributed by atoms with Crippen molar-refractivity contribution in [1.82, 2.24) is 5.01 Å². The van der Waals surface area contributed by atoms with Crippen LogP contribution < -0.4 is 11.2 Å². The van der Waals surface area contributed by atoms with E-state index in [9.17, 15) is 9.90 Å². The number of amides is 1. The van der Waals surface area contributed by atoms with Gasteiger partial charge in [0.15, 0.2) is 5.82 Å². The second-order valence-corrected chi connectivity index (χ2v) is 6.10. The third-order valence-corrected chi connectivity index (χ3v) is 4.11. The first kappa shape index (κ1) is 18.4. The predicted molar refractivity (Wildman–Crippen MR) is 108 cm³/mol. The Morgan fingerprint density at radius 1 is 1.26 bits per heavy atom. The number of carbonyl (C=O) groups excluding carboxylic acids is 1. The number of hydrazine groups is 1. The molecule has 0 saturated carbocycles. The smallest absolute Gasteiger partial charge is 0.259 e. The Morgan fingerprint density at radius 3 is 2.67 bits per heavy atom. The van der Waals surface area contributed by atoms with E-state index in [2.05, 4.69) is 16.9 Å². The second-order valence-electron chi connectivity index (χ2n) is 5.66. The third-order valence-electron chi connectivity index (χ3n) is 3.87. The molecule has 3 rings (SSSR count). The van der Waals surface area contributed by atoms with Crippen LogP contribution in [0.15, 0.2) is 83.8 Å². The monoisotopic (exact) mass is 380 g/mol. The molecular formula is C20H17ClN4O2. The minimum Gasteiger partial charge on any atom is -0.508 e. The number of phenols is 1. The van der Waals surface area contributed by atoms with E-state index in [4.69, 9.17) is 17.4 Å². The highest BCUT2D eigenvalue weighted by molar-refractivity contribution is 6.31. The van der Waals surface area contributed by atoms with Gasteiger partial charge in [-0.05, 0) is 35.9 Å². The summed E-state index contributed by atoms with van der Waals surface area (Å²) in [5, 5.41) is 14.0. The summed E-state index contributed by atoms with van der Waals surface area (Å²) < 4.78 is 0. The van der Waals surface area contributed by atoms with Crippen LogP contribution in [0.4, 0.5) is 5.69 Å². The Hall–Kier alpha value is -3.35. The van der Waals surface area contributed by atoms with Gasteiger partial charge in [0, 0.05) is 23.0 Å². The summed E-state index contributed by atoms with van der Waals surface area (Å²) in [4.78, 5) is 17.0. The average Bonchev–Trinajstić information content (AvgIpc) is 2.65. The maximum absolute atomic E-state index is 12.8. The van der Waals surface area contributed by atoms with Crippen molar-refractivity contribution >= 4 is 29.4 Å². The molecule has 136 valence electrons. The Labute approximate surface area is 161 Å². The van der Waals surface area contributed by atoms with Crippen molar-refractivity contribution in [3.05, 3.63) is 83.8 Å². The summed E-state index contributed by atoms with van der Waals surface area (Å²) in [5.74, 6) is 5.85. The van der Waals surface area contributed by atoms with Crippen molar-refractivity contribution in [2.75, 3.05) is 5.32 Å². The fourth-order valence-corrected chi connectivity index (χ4v) is 2.75. The summed E-state index contributed by atoms with van der Waals surface area (Å²) >= 11 is 6.11. The van der Waals surface area contributed by atoms with Gasteiger partial charge in [0.25, 0.3) is 5.91 Å². The largest absolute Gasteiger partial charge is 0.508 e. The molecule has 4 N–H and O–H groups in total. The number of carbonyl (C=O) groups is 1. The van der Waals surface area contributed by atoms with Crippen molar-refractivity contribution in [1.29, 1.82) is 0 Å². The van der Waals surface area contributed by atoms with E-state index in [0.29, 0.717) is 10.7 Å². The Morgan fingerprint density at radius 2 is 2.00 bits per heavy atom. The first-order valence-corrected chi connectivity index (χ1v) is 8.39. The molecule has 0 fully saturated rings. The summed E-state index contributed by atoms with van der Waals surface area (Å²) in [5.41, 5.74) is 2.29. The van der Waals surface area contributed by atoms with Crippen LogP contribution in [0.2, 0.25) is 5.02 Å². The van der Waals surface area contributed by atoms with Crippen molar-refractivity contribution in [2.45, 2.75) is 0 Å². The highest BCUT2D eigenvalue weighted by Gasteiger charge is 2.18. The molecule has 6 nitrogen and oxygen atoms in total. The number of aliphatic imine (C=N–C) groups is 1. The molecule has 7 heteroatoms. The van der Waals surface area contributed by atoms with Gasteiger partial charge in [0.05, 0.1) is 11.3 Å². The highest BCUT2D eigenvalue weighted by atomic mass is 35.5. The van der Waals surface area contributed by atoms with Gasteiger partial charge in [-0.25, -0.2) is 10.8 Å². The van der Waals surface area contributed by atoms with E-state index < -0.39 is 5.91 Å². The van der Waals surface area contributed by atoms with E-state index in [0.717, 1.165) is 11.1 Å². The van der Waals surface area contributed by atoms with Gasteiger partial charge in [0.1, 0.15) is 5.75 Å². The SMILES string of the molecule is C=C/C(C(=O)Nc1cc(Cl)ccc1-c1ccc(O)cc1)=C1/N=CC=CN1N. The Bertz CT molecular complexity index is 978. The lowest BCUT2D eigenvalue weighted by atomic mass is 10.0. The third kappa shape index (κ3) is 4.08. The first-order chi connectivity index (χ1) is 13.0. The number of aromatic hydroxyl groups is 1. The topological polar surface area (TPSA) is 90.9 Å². The first-order valence-electron chi connectivity index (χ1n) is 8.01. The molecule has 0 radical (unpaired) electrons. The molecule has 1 heterocycles. The molecule has 0 spiro atoms. The fourth-order valence-electron chi connectivity index (χ4n) is 2.58. The van der Waals surface area contributed by atoms with Gasteiger partial charge in [-0.2, -0.15) is 0 Å². The molecule has 1 aliphatic heterocycles. The highest BCUT2D eigenvalue weighted by Crippen LogP contribution is 2.32. The lowest BCUT2D eigenvalue weighted by Crippen LogP contribution is -2.29. The number of nitrogens with two attached hydrogens (primary N) is 1. The van der Waals surface area contributed by atoms with Crippen LogP contribution in [0.5, 0.6) is 5.75 Å². The number of nitrogens with zero attached hydrogens (tertiary/aromatic N) is 2. The van der Waals surface area contributed by atoms with Crippen LogP contribution in [0.3, 0.4) is 0 Å². The number of nitrogens with one attached hydrogen (secondary N) is 1. The van der Waals surface area contributed by atoms with E-state index >= 15 is 0 Å². The van der Waals surface area contributed by atoms with E-state index in [1.54, 1.807) is 54.7 Å². The number of halogens is 1. The lowest BCUT2D eigenvalue weighted by Gasteiger charge is -2.19. The number of benzene rings is 2. The van der Waals surface area contributed by atoms with Gasteiger partial charge in [-0.3, -0.25) is 9.80 Å².